The largest absolute Gasteiger partial charge is 0.463 e. The predicted molar refractivity (Wildman–Crippen MR) is 128 cm³/mol. The number of nitrogens with one attached hydrogen (secondary N) is 1. The van der Waals surface area contributed by atoms with Gasteiger partial charge < -0.3 is 14.6 Å². The molecule has 34 heavy (non-hydrogen) atoms. The van der Waals surface area contributed by atoms with Crippen molar-refractivity contribution in [2.45, 2.75) is 39.0 Å². The normalized spacial score (nSPS) is 17.5. The number of rotatable bonds is 6. The highest BCUT2D eigenvalue weighted by atomic mass is 16.3. The second-order valence-electron chi connectivity index (χ2n) is 8.87. The Labute approximate surface area is 198 Å². The molecular weight excluding hydrogens is 428 g/mol. The minimum Gasteiger partial charge on any atom is -0.463 e. The number of aryl methyl sites for hydroxylation is 1. The third-order valence-corrected chi connectivity index (χ3v) is 6.32. The number of amides is 2. The standard InChI is InChI=1S/C27H26N4O3/c1-19-10-12-20(13-11-19)16-28-26(33)27(2)18-31-23(15-22(29-31)24-9-6-14-34-24)25(32)30(27)17-21-7-4-3-5-8-21/h3-15H,16-18H2,1-2H3,(H,28,33). The first kappa shape index (κ1) is 21.7. The van der Waals surface area contributed by atoms with Gasteiger partial charge in [0.25, 0.3) is 5.91 Å². The maximum absolute atomic E-state index is 13.7. The first-order valence-electron chi connectivity index (χ1n) is 11.3. The summed E-state index contributed by atoms with van der Waals surface area (Å²) in [7, 11) is 0. The summed E-state index contributed by atoms with van der Waals surface area (Å²) < 4.78 is 7.09. The van der Waals surface area contributed by atoms with E-state index >= 15 is 0 Å². The molecule has 5 rings (SSSR count). The van der Waals surface area contributed by atoms with E-state index in [0.29, 0.717) is 30.2 Å². The minimum absolute atomic E-state index is 0.224. The van der Waals surface area contributed by atoms with Crippen molar-refractivity contribution in [3.05, 3.63) is 101 Å². The Morgan fingerprint density at radius 3 is 2.53 bits per heavy atom. The zero-order chi connectivity index (χ0) is 23.7. The van der Waals surface area contributed by atoms with Gasteiger partial charge in [0.1, 0.15) is 16.9 Å². The molecule has 0 spiro atoms. The van der Waals surface area contributed by atoms with E-state index in [1.54, 1.807) is 41.0 Å². The number of hydrogen-bond donors (Lipinski definition) is 1. The van der Waals surface area contributed by atoms with Crippen molar-refractivity contribution in [1.82, 2.24) is 20.0 Å². The first-order valence-corrected chi connectivity index (χ1v) is 11.3. The molecule has 1 N–H and O–H groups in total. The van der Waals surface area contributed by atoms with Crippen LogP contribution < -0.4 is 5.32 Å². The van der Waals surface area contributed by atoms with E-state index in [1.807, 2.05) is 61.5 Å². The van der Waals surface area contributed by atoms with Gasteiger partial charge in [-0.05, 0) is 37.1 Å². The highest BCUT2D eigenvalue weighted by Crippen LogP contribution is 2.31. The van der Waals surface area contributed by atoms with E-state index < -0.39 is 5.54 Å². The van der Waals surface area contributed by atoms with Gasteiger partial charge in [0.2, 0.25) is 5.91 Å². The second-order valence-corrected chi connectivity index (χ2v) is 8.87. The summed E-state index contributed by atoms with van der Waals surface area (Å²) in [6.07, 6.45) is 1.57. The van der Waals surface area contributed by atoms with Crippen LogP contribution in [0, 0.1) is 6.92 Å². The van der Waals surface area contributed by atoms with E-state index in [2.05, 4.69) is 10.4 Å². The minimum atomic E-state index is -1.13. The molecule has 1 atom stereocenters. The van der Waals surface area contributed by atoms with Crippen LogP contribution in [0.1, 0.15) is 34.1 Å². The van der Waals surface area contributed by atoms with Gasteiger partial charge >= 0.3 is 0 Å². The van der Waals surface area contributed by atoms with E-state index in [9.17, 15) is 9.59 Å². The molecule has 1 unspecified atom stereocenters. The van der Waals surface area contributed by atoms with Crippen LogP contribution in [0.3, 0.4) is 0 Å². The number of furan rings is 1. The van der Waals surface area contributed by atoms with E-state index in [1.165, 1.54) is 0 Å². The summed E-state index contributed by atoms with van der Waals surface area (Å²) in [6, 6.07) is 23.0. The van der Waals surface area contributed by atoms with Crippen molar-refractivity contribution in [2.75, 3.05) is 0 Å². The number of carbonyl (C=O) groups excluding carboxylic acids is 2. The first-order chi connectivity index (χ1) is 16.4. The van der Waals surface area contributed by atoms with Gasteiger partial charge in [-0.25, -0.2) is 0 Å². The van der Waals surface area contributed by atoms with E-state index in [4.69, 9.17) is 4.42 Å². The van der Waals surface area contributed by atoms with Crippen molar-refractivity contribution in [3.63, 3.8) is 0 Å². The van der Waals surface area contributed by atoms with E-state index in [0.717, 1.165) is 16.7 Å². The van der Waals surface area contributed by atoms with Crippen LogP contribution in [-0.2, 0) is 24.4 Å². The van der Waals surface area contributed by atoms with Gasteiger partial charge in [0.15, 0.2) is 5.76 Å². The number of benzene rings is 2. The molecular formula is C27H26N4O3. The lowest BCUT2D eigenvalue weighted by molar-refractivity contribution is -0.133. The van der Waals surface area contributed by atoms with Gasteiger partial charge in [0, 0.05) is 19.2 Å². The number of fused-ring (bicyclic) bond motifs is 1. The Kier molecular flexibility index (Phi) is 5.53. The third-order valence-electron chi connectivity index (χ3n) is 6.32. The predicted octanol–water partition coefficient (Wildman–Crippen LogP) is 4.18. The number of carbonyl (C=O) groups is 2. The quantitative estimate of drug-likeness (QED) is 0.474. The number of hydrogen-bond acceptors (Lipinski definition) is 4. The molecule has 7 nitrogen and oxygen atoms in total. The molecule has 7 heteroatoms. The zero-order valence-electron chi connectivity index (χ0n) is 19.2. The summed E-state index contributed by atoms with van der Waals surface area (Å²) >= 11 is 0. The molecule has 3 heterocycles. The average molecular weight is 455 g/mol. The molecule has 2 aromatic heterocycles. The lowest BCUT2D eigenvalue weighted by atomic mass is 9.94. The van der Waals surface area contributed by atoms with Crippen molar-refractivity contribution < 1.29 is 14.0 Å². The molecule has 0 radical (unpaired) electrons. The van der Waals surface area contributed by atoms with Crippen LogP contribution in [0.2, 0.25) is 0 Å². The van der Waals surface area contributed by atoms with E-state index in [-0.39, 0.29) is 18.4 Å². The smallest absolute Gasteiger partial charge is 0.273 e. The Balaban J connectivity index is 1.47. The monoisotopic (exact) mass is 454 g/mol. The Morgan fingerprint density at radius 2 is 1.82 bits per heavy atom. The molecule has 0 fully saturated rings. The summed E-state index contributed by atoms with van der Waals surface area (Å²) in [4.78, 5) is 28.9. The van der Waals surface area contributed by atoms with Crippen molar-refractivity contribution in [2.24, 2.45) is 0 Å². The van der Waals surface area contributed by atoms with Crippen LogP contribution in [-0.4, -0.2) is 32.0 Å². The van der Waals surface area contributed by atoms with Gasteiger partial charge in [-0.1, -0.05) is 60.2 Å². The second kappa shape index (κ2) is 8.67. The van der Waals surface area contributed by atoms with Crippen LogP contribution in [0.4, 0.5) is 0 Å². The SMILES string of the molecule is Cc1ccc(CNC(=O)C2(C)Cn3nc(-c4ccco4)cc3C(=O)N2Cc2ccccc2)cc1. The van der Waals surface area contributed by atoms with Gasteiger partial charge in [0.05, 0.1) is 12.8 Å². The maximum atomic E-state index is 13.7. The molecule has 172 valence electrons. The lowest BCUT2D eigenvalue weighted by Gasteiger charge is -2.43. The molecule has 2 amide bonds. The topological polar surface area (TPSA) is 80.4 Å². The fourth-order valence-corrected chi connectivity index (χ4v) is 4.28. The summed E-state index contributed by atoms with van der Waals surface area (Å²) in [5.74, 6) is 0.112. The summed E-state index contributed by atoms with van der Waals surface area (Å²) in [6.45, 7) is 4.76. The molecule has 1 aliphatic rings. The number of nitrogens with zero attached hydrogens (tertiary/aromatic N) is 3. The molecule has 4 aromatic rings. The molecule has 0 aliphatic carbocycles. The third kappa shape index (κ3) is 4.01. The van der Waals surface area contributed by atoms with Gasteiger partial charge in [-0.3, -0.25) is 14.3 Å². The maximum Gasteiger partial charge on any atom is 0.273 e. The van der Waals surface area contributed by atoms with Crippen LogP contribution in [0.25, 0.3) is 11.5 Å². The van der Waals surface area contributed by atoms with Gasteiger partial charge in [-0.15, -0.1) is 0 Å². The molecule has 1 aliphatic heterocycles. The molecule has 0 saturated carbocycles. The molecule has 0 bridgehead atoms. The Hall–Kier alpha value is -4.13. The average Bonchev–Trinajstić information content (AvgIpc) is 3.52. The van der Waals surface area contributed by atoms with Crippen molar-refractivity contribution in [1.29, 1.82) is 0 Å². The lowest BCUT2D eigenvalue weighted by Crippen LogP contribution is -2.63. The van der Waals surface area contributed by atoms with Gasteiger partial charge in [-0.2, -0.15) is 5.10 Å². The summed E-state index contributed by atoms with van der Waals surface area (Å²) in [5.41, 5.74) is 2.99. The Morgan fingerprint density at radius 1 is 1.06 bits per heavy atom. The zero-order valence-corrected chi connectivity index (χ0v) is 19.2. The highest BCUT2D eigenvalue weighted by molar-refractivity contribution is 6.00. The summed E-state index contributed by atoms with van der Waals surface area (Å²) in [5, 5.41) is 7.62. The van der Waals surface area contributed by atoms with Crippen LogP contribution >= 0.6 is 0 Å². The van der Waals surface area contributed by atoms with Crippen LogP contribution in [0.5, 0.6) is 0 Å². The fourth-order valence-electron chi connectivity index (χ4n) is 4.28. The number of aromatic nitrogens is 2. The van der Waals surface area contributed by atoms with Crippen molar-refractivity contribution >= 4 is 11.8 Å². The Bertz CT molecular complexity index is 1310. The van der Waals surface area contributed by atoms with Crippen LogP contribution in [0.15, 0.2) is 83.5 Å². The molecule has 2 aromatic carbocycles. The van der Waals surface area contributed by atoms with Crippen molar-refractivity contribution in [3.8, 4) is 11.5 Å². The highest BCUT2D eigenvalue weighted by Gasteiger charge is 2.48. The fraction of sp³-hybridized carbons (Fsp3) is 0.222. The molecule has 0 saturated heterocycles.